The third-order valence-corrected chi connectivity index (χ3v) is 3.11. The monoisotopic (exact) mass is 299 g/mol. The summed E-state index contributed by atoms with van der Waals surface area (Å²) in [7, 11) is 0. The number of halogens is 1. The van der Waals surface area contributed by atoms with E-state index in [1.54, 1.807) is 0 Å². The molecule has 0 bridgehead atoms. The summed E-state index contributed by atoms with van der Waals surface area (Å²) in [5, 5.41) is 3.43. The van der Waals surface area contributed by atoms with Gasteiger partial charge in [-0.05, 0) is 47.6 Å². The number of rotatable bonds is 8. The number of likely N-dealkylation sites (N-methyl/N-ethyl adjacent to an activating group) is 1. The molecule has 0 aliphatic carbocycles. The van der Waals surface area contributed by atoms with Crippen LogP contribution in [0.3, 0.4) is 0 Å². The van der Waals surface area contributed by atoms with Crippen LogP contribution < -0.4 is 5.32 Å². The molecule has 1 N–H and O–H groups in total. The fraction of sp³-hybridized carbons (Fsp3) is 0.615. The van der Waals surface area contributed by atoms with Gasteiger partial charge in [0.15, 0.2) is 0 Å². The zero-order valence-electron chi connectivity index (χ0n) is 10.7. The largest absolute Gasteiger partial charge is 0.310 e. The second kappa shape index (κ2) is 8.61. The predicted octanol–water partition coefficient (Wildman–Crippen LogP) is 2.67. The van der Waals surface area contributed by atoms with Crippen molar-refractivity contribution in [2.24, 2.45) is 0 Å². The van der Waals surface area contributed by atoms with Gasteiger partial charge in [-0.15, -0.1) is 0 Å². The normalized spacial score (nSPS) is 11.1. The second-order valence-corrected chi connectivity index (χ2v) is 4.88. The van der Waals surface area contributed by atoms with Crippen molar-refractivity contribution in [3.63, 3.8) is 0 Å². The van der Waals surface area contributed by atoms with Gasteiger partial charge in [-0.3, -0.25) is 0 Å². The maximum Gasteiger partial charge on any atom is 0.106 e. The SMILES string of the molecule is CCCN(CC)CCNCc1cccc(Br)n1. The molecule has 0 amide bonds. The molecular formula is C13H22BrN3. The summed E-state index contributed by atoms with van der Waals surface area (Å²) in [6.07, 6.45) is 1.22. The van der Waals surface area contributed by atoms with Gasteiger partial charge in [0.05, 0.1) is 5.69 Å². The molecule has 0 atom stereocenters. The molecule has 0 saturated carbocycles. The topological polar surface area (TPSA) is 28.2 Å². The van der Waals surface area contributed by atoms with E-state index >= 15 is 0 Å². The lowest BCUT2D eigenvalue weighted by atomic mass is 10.3. The molecule has 96 valence electrons. The van der Waals surface area contributed by atoms with E-state index in [1.165, 1.54) is 13.0 Å². The molecule has 0 spiro atoms. The van der Waals surface area contributed by atoms with Crippen molar-refractivity contribution in [2.45, 2.75) is 26.8 Å². The molecule has 0 fully saturated rings. The summed E-state index contributed by atoms with van der Waals surface area (Å²) < 4.78 is 0.901. The van der Waals surface area contributed by atoms with Crippen LogP contribution in [0.4, 0.5) is 0 Å². The zero-order chi connectivity index (χ0) is 12.5. The van der Waals surface area contributed by atoms with Crippen molar-refractivity contribution in [3.05, 3.63) is 28.5 Å². The molecule has 17 heavy (non-hydrogen) atoms. The van der Waals surface area contributed by atoms with Gasteiger partial charge in [-0.1, -0.05) is 19.9 Å². The molecule has 1 heterocycles. The highest BCUT2D eigenvalue weighted by Crippen LogP contribution is 2.05. The first-order chi connectivity index (χ1) is 8.26. The first kappa shape index (κ1) is 14.6. The summed E-state index contributed by atoms with van der Waals surface area (Å²) >= 11 is 3.38. The molecule has 0 aliphatic heterocycles. The second-order valence-electron chi connectivity index (χ2n) is 4.06. The van der Waals surface area contributed by atoms with Crippen molar-refractivity contribution in [1.29, 1.82) is 0 Å². The van der Waals surface area contributed by atoms with Gasteiger partial charge < -0.3 is 10.2 Å². The molecule has 3 nitrogen and oxygen atoms in total. The van der Waals surface area contributed by atoms with Crippen LogP contribution in [-0.2, 0) is 6.54 Å². The fourth-order valence-corrected chi connectivity index (χ4v) is 2.13. The maximum atomic E-state index is 4.39. The third kappa shape index (κ3) is 6.15. The highest BCUT2D eigenvalue weighted by Gasteiger charge is 2.00. The quantitative estimate of drug-likeness (QED) is 0.591. The number of hydrogen-bond acceptors (Lipinski definition) is 3. The van der Waals surface area contributed by atoms with E-state index in [1.807, 2.05) is 18.2 Å². The zero-order valence-corrected chi connectivity index (χ0v) is 12.3. The first-order valence-electron chi connectivity index (χ1n) is 6.30. The van der Waals surface area contributed by atoms with Crippen molar-refractivity contribution in [2.75, 3.05) is 26.2 Å². The molecule has 4 heteroatoms. The Balaban J connectivity index is 2.19. The lowest BCUT2D eigenvalue weighted by molar-refractivity contribution is 0.287. The average molecular weight is 300 g/mol. The smallest absolute Gasteiger partial charge is 0.106 e. The Morgan fingerprint density at radius 1 is 1.29 bits per heavy atom. The van der Waals surface area contributed by atoms with Gasteiger partial charge in [0.2, 0.25) is 0 Å². The van der Waals surface area contributed by atoms with Crippen LogP contribution in [0.25, 0.3) is 0 Å². The van der Waals surface area contributed by atoms with Crippen molar-refractivity contribution in [1.82, 2.24) is 15.2 Å². The Kier molecular flexibility index (Phi) is 7.40. The van der Waals surface area contributed by atoms with Gasteiger partial charge in [-0.2, -0.15) is 0 Å². The maximum absolute atomic E-state index is 4.39. The minimum absolute atomic E-state index is 0.836. The van der Waals surface area contributed by atoms with Gasteiger partial charge in [0.25, 0.3) is 0 Å². The number of aromatic nitrogens is 1. The molecule has 1 aromatic rings. The van der Waals surface area contributed by atoms with E-state index in [0.717, 1.165) is 36.5 Å². The van der Waals surface area contributed by atoms with E-state index < -0.39 is 0 Å². The molecule has 0 saturated heterocycles. The average Bonchev–Trinajstić information content (AvgIpc) is 2.33. The molecule has 0 unspecified atom stereocenters. The lowest BCUT2D eigenvalue weighted by Gasteiger charge is -2.19. The van der Waals surface area contributed by atoms with E-state index in [9.17, 15) is 0 Å². The molecule has 1 aromatic heterocycles. The van der Waals surface area contributed by atoms with Crippen LogP contribution in [0.5, 0.6) is 0 Å². The predicted molar refractivity (Wildman–Crippen MR) is 76.0 cm³/mol. The van der Waals surface area contributed by atoms with Crippen molar-refractivity contribution >= 4 is 15.9 Å². The summed E-state index contributed by atoms with van der Waals surface area (Å²) in [5.41, 5.74) is 1.08. The van der Waals surface area contributed by atoms with Crippen LogP contribution in [-0.4, -0.2) is 36.1 Å². The molecule has 0 radical (unpaired) electrons. The van der Waals surface area contributed by atoms with Crippen LogP contribution in [0.1, 0.15) is 26.0 Å². The number of hydrogen-bond donors (Lipinski definition) is 1. The van der Waals surface area contributed by atoms with Gasteiger partial charge in [0, 0.05) is 19.6 Å². The molecule has 0 aromatic carbocycles. The van der Waals surface area contributed by atoms with Crippen molar-refractivity contribution in [3.8, 4) is 0 Å². The Morgan fingerprint density at radius 2 is 2.12 bits per heavy atom. The summed E-state index contributed by atoms with van der Waals surface area (Å²) in [5.74, 6) is 0. The van der Waals surface area contributed by atoms with Crippen molar-refractivity contribution < 1.29 is 0 Å². The Hall–Kier alpha value is -0.450. The number of nitrogens with one attached hydrogen (secondary N) is 1. The summed E-state index contributed by atoms with van der Waals surface area (Å²) in [6, 6.07) is 6.01. The van der Waals surface area contributed by atoms with E-state index in [2.05, 4.69) is 45.0 Å². The van der Waals surface area contributed by atoms with Crippen LogP contribution in [0, 0.1) is 0 Å². The first-order valence-corrected chi connectivity index (χ1v) is 7.10. The minimum atomic E-state index is 0.836. The van der Waals surface area contributed by atoms with Gasteiger partial charge in [-0.25, -0.2) is 4.98 Å². The van der Waals surface area contributed by atoms with Gasteiger partial charge in [0.1, 0.15) is 4.60 Å². The van der Waals surface area contributed by atoms with E-state index in [0.29, 0.717) is 0 Å². The van der Waals surface area contributed by atoms with Crippen LogP contribution in [0.15, 0.2) is 22.8 Å². The molecule has 0 aliphatic rings. The van der Waals surface area contributed by atoms with Crippen LogP contribution >= 0.6 is 15.9 Å². The minimum Gasteiger partial charge on any atom is -0.310 e. The Morgan fingerprint density at radius 3 is 2.76 bits per heavy atom. The highest BCUT2D eigenvalue weighted by atomic mass is 79.9. The fourth-order valence-electron chi connectivity index (χ4n) is 1.75. The number of nitrogens with zero attached hydrogens (tertiary/aromatic N) is 2. The summed E-state index contributed by atoms with van der Waals surface area (Å²) in [6.45, 7) is 9.72. The number of pyridine rings is 1. The standard InChI is InChI=1S/C13H22BrN3/c1-3-9-17(4-2)10-8-15-11-12-6-5-7-13(14)16-12/h5-7,15H,3-4,8-11H2,1-2H3. The van der Waals surface area contributed by atoms with E-state index in [-0.39, 0.29) is 0 Å². The Bertz CT molecular complexity index is 317. The van der Waals surface area contributed by atoms with Crippen LogP contribution in [0.2, 0.25) is 0 Å². The summed E-state index contributed by atoms with van der Waals surface area (Å²) in [4.78, 5) is 6.85. The highest BCUT2D eigenvalue weighted by molar-refractivity contribution is 9.10. The van der Waals surface area contributed by atoms with Gasteiger partial charge >= 0.3 is 0 Å². The third-order valence-electron chi connectivity index (χ3n) is 2.67. The molecular weight excluding hydrogens is 278 g/mol. The molecule has 1 rings (SSSR count). The van der Waals surface area contributed by atoms with E-state index in [4.69, 9.17) is 0 Å². The lowest BCUT2D eigenvalue weighted by Crippen LogP contribution is -2.32. The Labute approximate surface area is 113 Å².